The summed E-state index contributed by atoms with van der Waals surface area (Å²) in [5.41, 5.74) is -0.133. The number of rotatable bonds is 3. The van der Waals surface area contributed by atoms with Crippen molar-refractivity contribution in [3.63, 3.8) is 0 Å². The van der Waals surface area contributed by atoms with Crippen LogP contribution in [-0.4, -0.2) is 27.4 Å². The Bertz CT molecular complexity index is 315. The molecule has 0 unspecified atom stereocenters. The minimum atomic E-state index is -0.133. The van der Waals surface area contributed by atoms with Gasteiger partial charge in [-0.2, -0.15) is 0 Å². The smallest absolute Gasteiger partial charge is 0.265 e. The lowest BCUT2D eigenvalue weighted by Gasteiger charge is -1.98. The third-order valence-corrected chi connectivity index (χ3v) is 3.43. The maximum atomic E-state index is 11.0. The molecule has 12 heavy (non-hydrogen) atoms. The molecule has 0 amide bonds. The average Bonchev–Trinajstić information content (AvgIpc) is 2.08. The van der Waals surface area contributed by atoms with Crippen molar-refractivity contribution in [2.75, 3.05) is 12.4 Å². The molecule has 0 bridgehead atoms. The van der Waals surface area contributed by atoms with Gasteiger partial charge in [-0.1, -0.05) is 0 Å². The van der Waals surface area contributed by atoms with Gasteiger partial charge in [0.25, 0.3) is 5.56 Å². The highest BCUT2D eigenvalue weighted by molar-refractivity contribution is 14.1. The molecule has 6 heteroatoms. The van der Waals surface area contributed by atoms with E-state index in [1.165, 1.54) is 18.1 Å². The largest absolute Gasteiger partial charge is 0.396 e. The van der Waals surface area contributed by atoms with Crippen molar-refractivity contribution in [3.8, 4) is 0 Å². The molecule has 0 saturated heterocycles. The molecular formula is C6H7IN2O2S. The summed E-state index contributed by atoms with van der Waals surface area (Å²) in [7, 11) is 0. The lowest BCUT2D eigenvalue weighted by Crippen LogP contribution is -2.11. The molecule has 0 aliphatic rings. The van der Waals surface area contributed by atoms with Gasteiger partial charge in [0.1, 0.15) is 8.60 Å². The predicted octanol–water partition coefficient (Wildman–Crippen LogP) is 0.459. The molecule has 0 aromatic carbocycles. The number of halogens is 1. The number of aliphatic hydroxyl groups excluding tert-OH is 1. The van der Waals surface area contributed by atoms with E-state index in [4.69, 9.17) is 5.11 Å². The van der Waals surface area contributed by atoms with Crippen LogP contribution in [0.25, 0.3) is 0 Å². The van der Waals surface area contributed by atoms with Crippen molar-refractivity contribution in [1.82, 2.24) is 9.97 Å². The molecule has 66 valence electrons. The quantitative estimate of drug-likeness (QED) is 0.483. The van der Waals surface area contributed by atoms with Gasteiger partial charge >= 0.3 is 0 Å². The molecule has 0 atom stereocenters. The Morgan fingerprint density at radius 3 is 3.17 bits per heavy atom. The Labute approximate surface area is 86.9 Å². The van der Waals surface area contributed by atoms with Crippen LogP contribution in [0, 0.1) is 3.57 Å². The van der Waals surface area contributed by atoms with Crippen molar-refractivity contribution in [2.24, 2.45) is 0 Å². The highest BCUT2D eigenvalue weighted by Crippen LogP contribution is 2.17. The highest BCUT2D eigenvalue weighted by Gasteiger charge is 2.04. The number of H-pyrrole nitrogens is 1. The third-order valence-electron chi connectivity index (χ3n) is 1.09. The van der Waals surface area contributed by atoms with Crippen LogP contribution in [0.15, 0.2) is 16.1 Å². The monoisotopic (exact) mass is 298 g/mol. The van der Waals surface area contributed by atoms with E-state index in [0.29, 0.717) is 14.3 Å². The van der Waals surface area contributed by atoms with Crippen LogP contribution in [-0.2, 0) is 0 Å². The van der Waals surface area contributed by atoms with E-state index in [-0.39, 0.29) is 12.2 Å². The van der Waals surface area contributed by atoms with Gasteiger partial charge < -0.3 is 10.1 Å². The summed E-state index contributed by atoms with van der Waals surface area (Å²) in [6, 6.07) is 0. The van der Waals surface area contributed by atoms with Crippen LogP contribution >= 0.6 is 34.4 Å². The number of hydrogen-bond acceptors (Lipinski definition) is 4. The summed E-state index contributed by atoms with van der Waals surface area (Å²) < 4.78 is 0.577. The van der Waals surface area contributed by atoms with Crippen molar-refractivity contribution < 1.29 is 5.11 Å². The molecule has 0 fully saturated rings. The second-order valence-electron chi connectivity index (χ2n) is 1.92. The fraction of sp³-hybridized carbons (Fsp3) is 0.333. The van der Waals surface area contributed by atoms with E-state index in [0.717, 1.165) is 0 Å². The zero-order chi connectivity index (χ0) is 8.97. The Morgan fingerprint density at radius 2 is 2.50 bits per heavy atom. The predicted molar refractivity (Wildman–Crippen MR) is 55.4 cm³/mol. The SMILES string of the molecule is O=c1[nH]cnc(SCCO)c1I. The Morgan fingerprint density at radius 1 is 1.75 bits per heavy atom. The van der Waals surface area contributed by atoms with Crippen LogP contribution in [0.2, 0.25) is 0 Å². The van der Waals surface area contributed by atoms with Crippen LogP contribution in [0.4, 0.5) is 0 Å². The Balaban J connectivity index is 2.85. The van der Waals surface area contributed by atoms with E-state index in [2.05, 4.69) is 9.97 Å². The number of aliphatic hydroxyl groups is 1. The molecule has 4 nitrogen and oxygen atoms in total. The molecule has 0 aliphatic heterocycles. The number of nitrogens with one attached hydrogen (secondary N) is 1. The van der Waals surface area contributed by atoms with Gasteiger partial charge in [-0.05, 0) is 22.6 Å². The van der Waals surface area contributed by atoms with E-state index in [1.54, 1.807) is 0 Å². The van der Waals surface area contributed by atoms with Gasteiger partial charge in [-0.3, -0.25) is 4.79 Å². The van der Waals surface area contributed by atoms with Gasteiger partial charge in [-0.25, -0.2) is 4.98 Å². The first-order chi connectivity index (χ1) is 5.75. The summed E-state index contributed by atoms with van der Waals surface area (Å²) in [6.45, 7) is 0.0925. The molecule has 0 saturated carbocycles. The van der Waals surface area contributed by atoms with Crippen LogP contribution in [0.5, 0.6) is 0 Å². The summed E-state index contributed by atoms with van der Waals surface area (Å²) in [6.07, 6.45) is 1.37. The van der Waals surface area contributed by atoms with E-state index < -0.39 is 0 Å². The van der Waals surface area contributed by atoms with Gasteiger partial charge in [0, 0.05) is 5.75 Å². The van der Waals surface area contributed by atoms with Crippen LogP contribution in [0.1, 0.15) is 0 Å². The fourth-order valence-corrected chi connectivity index (χ4v) is 2.00. The standard InChI is InChI=1S/C6H7IN2O2S/c7-4-5(11)8-3-9-6(4)12-2-1-10/h3,10H,1-2H2,(H,8,9,11). The maximum Gasteiger partial charge on any atom is 0.265 e. The summed E-state index contributed by atoms with van der Waals surface area (Å²) in [5.74, 6) is 0.562. The van der Waals surface area contributed by atoms with Crippen LogP contribution in [0.3, 0.4) is 0 Å². The number of hydrogen-bond donors (Lipinski definition) is 2. The number of aromatic nitrogens is 2. The molecule has 1 aromatic heterocycles. The van der Waals surface area contributed by atoms with Gasteiger partial charge in [-0.15, -0.1) is 11.8 Å². The zero-order valence-corrected chi connectivity index (χ0v) is 9.05. The lowest BCUT2D eigenvalue weighted by molar-refractivity contribution is 0.322. The fourth-order valence-electron chi connectivity index (χ4n) is 0.610. The minimum Gasteiger partial charge on any atom is -0.396 e. The Hall–Kier alpha value is -0.0800. The summed E-state index contributed by atoms with van der Waals surface area (Å²) in [5, 5.41) is 9.23. The number of nitrogens with zero attached hydrogens (tertiary/aromatic N) is 1. The van der Waals surface area contributed by atoms with Crippen LogP contribution < -0.4 is 5.56 Å². The minimum absolute atomic E-state index is 0.0925. The third kappa shape index (κ3) is 2.46. The molecule has 1 aromatic rings. The van der Waals surface area contributed by atoms with E-state index >= 15 is 0 Å². The maximum absolute atomic E-state index is 11.0. The summed E-state index contributed by atoms with van der Waals surface area (Å²) >= 11 is 3.31. The first-order valence-electron chi connectivity index (χ1n) is 3.22. The summed E-state index contributed by atoms with van der Waals surface area (Å²) in [4.78, 5) is 17.5. The second kappa shape index (κ2) is 4.83. The zero-order valence-electron chi connectivity index (χ0n) is 6.08. The van der Waals surface area contributed by atoms with Crippen molar-refractivity contribution in [2.45, 2.75) is 5.03 Å². The average molecular weight is 298 g/mol. The number of aromatic amines is 1. The van der Waals surface area contributed by atoms with E-state index in [9.17, 15) is 4.79 Å². The van der Waals surface area contributed by atoms with Crippen molar-refractivity contribution in [1.29, 1.82) is 0 Å². The van der Waals surface area contributed by atoms with Gasteiger partial charge in [0.15, 0.2) is 0 Å². The molecule has 0 aliphatic carbocycles. The van der Waals surface area contributed by atoms with Gasteiger partial charge in [0.05, 0.1) is 12.9 Å². The molecule has 0 radical (unpaired) electrons. The number of thioether (sulfide) groups is 1. The lowest BCUT2D eigenvalue weighted by atomic mass is 10.7. The van der Waals surface area contributed by atoms with Crippen molar-refractivity contribution >= 4 is 34.4 Å². The van der Waals surface area contributed by atoms with E-state index in [1.807, 2.05) is 22.6 Å². The highest BCUT2D eigenvalue weighted by atomic mass is 127. The van der Waals surface area contributed by atoms with Crippen molar-refractivity contribution in [3.05, 3.63) is 20.3 Å². The normalized spacial score (nSPS) is 10.2. The molecular weight excluding hydrogens is 291 g/mol. The van der Waals surface area contributed by atoms with Gasteiger partial charge in [0.2, 0.25) is 0 Å². The first-order valence-corrected chi connectivity index (χ1v) is 5.29. The molecule has 1 heterocycles. The molecule has 0 spiro atoms. The molecule has 2 N–H and O–H groups in total. The Kier molecular flexibility index (Phi) is 4.02. The molecule has 1 rings (SSSR count). The topological polar surface area (TPSA) is 66.0 Å². The second-order valence-corrected chi connectivity index (χ2v) is 4.09. The first kappa shape index (κ1) is 10.0.